The van der Waals surface area contributed by atoms with Crippen LogP contribution in [0.4, 0.5) is 15.8 Å². The van der Waals surface area contributed by atoms with Crippen molar-refractivity contribution in [1.29, 1.82) is 0 Å². The van der Waals surface area contributed by atoms with E-state index >= 15 is 0 Å². The highest BCUT2D eigenvalue weighted by Gasteiger charge is 2.14. The van der Waals surface area contributed by atoms with Crippen molar-refractivity contribution in [1.82, 2.24) is 0 Å². The number of carbonyl (C=O) groups excluding carboxylic acids is 1. The quantitative estimate of drug-likeness (QED) is 0.900. The van der Waals surface area contributed by atoms with Crippen molar-refractivity contribution >= 4 is 33.2 Å². The lowest BCUT2D eigenvalue weighted by Gasteiger charge is -2.11. The minimum Gasteiger partial charge on any atom is -0.385 e. The van der Waals surface area contributed by atoms with E-state index in [9.17, 15) is 9.18 Å². The minimum absolute atomic E-state index is 0.187. The molecule has 2 N–H and O–H groups in total. The average molecular weight is 323 g/mol. The maximum atomic E-state index is 13.6. The fraction of sp³-hybridized carbons (Fsp3) is 0.0714. The lowest BCUT2D eigenvalue weighted by molar-refractivity contribution is 0.102. The fourth-order valence-electron chi connectivity index (χ4n) is 1.72. The summed E-state index contributed by atoms with van der Waals surface area (Å²) in [6, 6.07) is 11.6. The first-order valence-electron chi connectivity index (χ1n) is 5.65. The zero-order chi connectivity index (χ0) is 13.8. The van der Waals surface area contributed by atoms with Gasteiger partial charge in [-0.25, -0.2) is 4.39 Å². The molecular weight excluding hydrogens is 311 g/mol. The number of benzene rings is 2. The van der Waals surface area contributed by atoms with Crippen molar-refractivity contribution in [2.75, 3.05) is 17.7 Å². The second-order valence-corrected chi connectivity index (χ2v) is 4.70. The van der Waals surface area contributed by atoms with E-state index in [1.807, 2.05) is 18.2 Å². The Kier molecular flexibility index (Phi) is 4.16. The van der Waals surface area contributed by atoms with E-state index < -0.39 is 5.82 Å². The third-order valence-corrected chi connectivity index (χ3v) is 3.32. The molecule has 2 aromatic rings. The molecule has 5 heteroatoms. The summed E-state index contributed by atoms with van der Waals surface area (Å²) in [5, 5.41) is 5.43. The Bertz CT molecular complexity index is 616. The summed E-state index contributed by atoms with van der Waals surface area (Å²) in [5.74, 6) is -0.821. The first-order chi connectivity index (χ1) is 9.13. The second-order valence-electron chi connectivity index (χ2n) is 3.85. The molecule has 3 nitrogen and oxygen atoms in total. The summed E-state index contributed by atoms with van der Waals surface area (Å²) in [6.07, 6.45) is 0. The second kappa shape index (κ2) is 5.84. The van der Waals surface area contributed by atoms with Crippen molar-refractivity contribution in [3.63, 3.8) is 0 Å². The zero-order valence-corrected chi connectivity index (χ0v) is 11.8. The number of carbonyl (C=O) groups is 1. The monoisotopic (exact) mass is 322 g/mol. The Morgan fingerprint density at radius 3 is 2.58 bits per heavy atom. The van der Waals surface area contributed by atoms with Crippen molar-refractivity contribution in [3.05, 3.63) is 58.3 Å². The van der Waals surface area contributed by atoms with Crippen LogP contribution in [0.3, 0.4) is 0 Å². The molecule has 19 heavy (non-hydrogen) atoms. The topological polar surface area (TPSA) is 41.1 Å². The number of para-hydroxylation sites is 2. The molecule has 0 saturated carbocycles. The summed E-state index contributed by atoms with van der Waals surface area (Å²) in [7, 11) is 1.58. The van der Waals surface area contributed by atoms with Gasteiger partial charge in [-0.15, -0.1) is 0 Å². The third-order valence-electron chi connectivity index (χ3n) is 2.63. The molecular formula is C14H12BrFN2O. The number of rotatable bonds is 3. The average Bonchev–Trinajstić information content (AvgIpc) is 2.41. The Morgan fingerprint density at radius 2 is 1.89 bits per heavy atom. The molecule has 0 fully saturated rings. The van der Waals surface area contributed by atoms with Crippen LogP contribution in [0.15, 0.2) is 46.9 Å². The molecule has 0 aliphatic carbocycles. The normalized spacial score (nSPS) is 10.1. The number of halogens is 2. The Labute approximate surface area is 119 Å². The van der Waals surface area contributed by atoms with Gasteiger partial charge >= 0.3 is 0 Å². The van der Waals surface area contributed by atoms with Gasteiger partial charge in [0.05, 0.1) is 16.9 Å². The molecule has 0 unspecified atom stereocenters. The van der Waals surface area contributed by atoms with Crippen LogP contribution in [0.25, 0.3) is 0 Å². The Balaban J connectivity index is 2.31. The minimum atomic E-state index is -0.456. The molecule has 1 amide bonds. The molecule has 0 aliphatic rings. The van der Waals surface area contributed by atoms with Crippen LogP contribution in [0.2, 0.25) is 0 Å². The van der Waals surface area contributed by atoms with Gasteiger partial charge < -0.3 is 10.6 Å². The van der Waals surface area contributed by atoms with E-state index in [1.165, 1.54) is 12.1 Å². The maximum Gasteiger partial charge on any atom is 0.257 e. The summed E-state index contributed by atoms with van der Waals surface area (Å²) in [6.45, 7) is 0. The van der Waals surface area contributed by atoms with Gasteiger partial charge in [0.1, 0.15) is 5.82 Å². The molecule has 0 saturated heterocycles. The van der Waals surface area contributed by atoms with Crippen LogP contribution < -0.4 is 10.6 Å². The molecule has 2 rings (SSSR count). The van der Waals surface area contributed by atoms with E-state index in [-0.39, 0.29) is 17.2 Å². The van der Waals surface area contributed by atoms with E-state index in [0.717, 1.165) is 4.47 Å². The highest BCUT2D eigenvalue weighted by Crippen LogP contribution is 2.24. The number of amides is 1. The van der Waals surface area contributed by atoms with Crippen LogP contribution in [-0.4, -0.2) is 13.0 Å². The summed E-state index contributed by atoms with van der Waals surface area (Å²) >= 11 is 3.34. The molecule has 2 aromatic carbocycles. The van der Waals surface area contributed by atoms with Gasteiger partial charge in [-0.05, 0) is 40.2 Å². The van der Waals surface area contributed by atoms with Gasteiger partial charge in [0.25, 0.3) is 5.91 Å². The van der Waals surface area contributed by atoms with Crippen molar-refractivity contribution in [3.8, 4) is 0 Å². The van der Waals surface area contributed by atoms with Gasteiger partial charge in [0.2, 0.25) is 0 Å². The highest BCUT2D eigenvalue weighted by molar-refractivity contribution is 9.10. The SMILES string of the molecule is CNc1c(F)cccc1C(=O)Nc1ccccc1Br. The molecule has 0 aliphatic heterocycles. The molecule has 0 bridgehead atoms. The van der Waals surface area contributed by atoms with E-state index in [2.05, 4.69) is 26.6 Å². The molecule has 98 valence electrons. The number of hydrogen-bond acceptors (Lipinski definition) is 2. The van der Waals surface area contributed by atoms with Gasteiger partial charge in [0, 0.05) is 11.5 Å². The molecule has 0 heterocycles. The van der Waals surface area contributed by atoms with Crippen LogP contribution in [-0.2, 0) is 0 Å². The molecule has 0 atom stereocenters. The van der Waals surface area contributed by atoms with E-state index in [4.69, 9.17) is 0 Å². The fourth-order valence-corrected chi connectivity index (χ4v) is 2.10. The predicted octanol–water partition coefficient (Wildman–Crippen LogP) is 3.88. The molecule has 0 aromatic heterocycles. The lowest BCUT2D eigenvalue weighted by atomic mass is 10.1. The molecule has 0 spiro atoms. The number of anilines is 2. The lowest BCUT2D eigenvalue weighted by Crippen LogP contribution is -2.15. The summed E-state index contributed by atoms with van der Waals surface area (Å²) < 4.78 is 14.3. The zero-order valence-electron chi connectivity index (χ0n) is 10.2. The van der Waals surface area contributed by atoms with Gasteiger partial charge in [0.15, 0.2) is 0 Å². The number of hydrogen-bond donors (Lipinski definition) is 2. The third kappa shape index (κ3) is 2.93. The van der Waals surface area contributed by atoms with Crippen molar-refractivity contribution < 1.29 is 9.18 Å². The van der Waals surface area contributed by atoms with Crippen molar-refractivity contribution in [2.45, 2.75) is 0 Å². The van der Waals surface area contributed by atoms with Crippen LogP contribution in [0.1, 0.15) is 10.4 Å². The van der Waals surface area contributed by atoms with Gasteiger partial charge in [-0.1, -0.05) is 18.2 Å². The predicted molar refractivity (Wildman–Crippen MR) is 78.0 cm³/mol. The standard InChI is InChI=1S/C14H12BrFN2O/c1-17-13-9(5-4-7-11(13)16)14(19)18-12-8-3-2-6-10(12)15/h2-8,17H,1H3,(H,18,19). The van der Waals surface area contributed by atoms with Gasteiger partial charge in [-0.3, -0.25) is 4.79 Å². The molecule has 0 radical (unpaired) electrons. The van der Waals surface area contributed by atoms with E-state index in [1.54, 1.807) is 19.2 Å². The largest absolute Gasteiger partial charge is 0.385 e. The van der Waals surface area contributed by atoms with Gasteiger partial charge in [-0.2, -0.15) is 0 Å². The van der Waals surface area contributed by atoms with Crippen molar-refractivity contribution in [2.24, 2.45) is 0 Å². The first kappa shape index (κ1) is 13.5. The van der Waals surface area contributed by atoms with Crippen LogP contribution in [0, 0.1) is 5.82 Å². The maximum absolute atomic E-state index is 13.6. The Hall–Kier alpha value is -1.88. The smallest absolute Gasteiger partial charge is 0.257 e. The van der Waals surface area contributed by atoms with Crippen LogP contribution in [0.5, 0.6) is 0 Å². The van der Waals surface area contributed by atoms with E-state index in [0.29, 0.717) is 5.69 Å². The number of nitrogens with one attached hydrogen (secondary N) is 2. The van der Waals surface area contributed by atoms with Crippen LogP contribution >= 0.6 is 15.9 Å². The highest BCUT2D eigenvalue weighted by atomic mass is 79.9. The first-order valence-corrected chi connectivity index (χ1v) is 6.45. The summed E-state index contributed by atoms with van der Waals surface area (Å²) in [5.41, 5.74) is 1.09. The summed E-state index contributed by atoms with van der Waals surface area (Å²) in [4.78, 5) is 12.2. The Morgan fingerprint density at radius 1 is 1.16 bits per heavy atom.